The van der Waals surface area contributed by atoms with Crippen molar-refractivity contribution >= 4 is 17.5 Å². The Kier molecular flexibility index (Phi) is 5.17. The number of likely N-dealkylation sites (tertiary alicyclic amines) is 1. The van der Waals surface area contributed by atoms with Crippen LogP contribution < -0.4 is 4.90 Å². The zero-order valence-electron chi connectivity index (χ0n) is 14.8. The summed E-state index contributed by atoms with van der Waals surface area (Å²) in [5, 5.41) is 0. The zero-order valence-corrected chi connectivity index (χ0v) is 14.8. The number of carbonyl (C=O) groups is 2. The summed E-state index contributed by atoms with van der Waals surface area (Å²) in [6.45, 7) is 2.89. The number of anilines is 1. The zero-order chi connectivity index (χ0) is 17.8. The molecule has 0 aromatic heterocycles. The summed E-state index contributed by atoms with van der Waals surface area (Å²) in [5.74, 6) is -0.100. The highest BCUT2D eigenvalue weighted by atomic mass is 16.2. The van der Waals surface area contributed by atoms with E-state index in [1.165, 1.54) is 6.42 Å². The number of rotatable bonds is 3. The number of carbonyl (C=O) groups excluding carboxylic acids is 2. The van der Waals surface area contributed by atoms with Gasteiger partial charge in [-0.15, -0.1) is 0 Å². The highest BCUT2D eigenvalue weighted by molar-refractivity contribution is 6.07. The van der Waals surface area contributed by atoms with E-state index in [-0.39, 0.29) is 17.9 Å². The van der Waals surface area contributed by atoms with Crippen molar-refractivity contribution in [2.75, 3.05) is 18.5 Å². The first kappa shape index (κ1) is 17.2. The molecule has 3 rings (SSSR count). The molecule has 130 valence electrons. The standard InChI is InChI=1S/C21H24N2O2/c1-16-9-6-7-14-23(16)21(25)18-11-8-10-17(15-18)20(24)22(2)19-12-4-3-5-13-19/h3-5,8,10-13,15-16H,6-7,9,14H2,1-2H3/t16-/m1/s1. The molecule has 0 spiro atoms. The van der Waals surface area contributed by atoms with Crippen LogP contribution in [0.1, 0.15) is 46.9 Å². The van der Waals surface area contributed by atoms with Gasteiger partial charge >= 0.3 is 0 Å². The fraction of sp³-hybridized carbons (Fsp3) is 0.333. The van der Waals surface area contributed by atoms with Crippen LogP contribution in [0.25, 0.3) is 0 Å². The number of amides is 2. The van der Waals surface area contributed by atoms with E-state index in [9.17, 15) is 9.59 Å². The maximum atomic E-state index is 12.8. The van der Waals surface area contributed by atoms with Gasteiger partial charge in [-0.25, -0.2) is 0 Å². The predicted molar refractivity (Wildman–Crippen MR) is 100.0 cm³/mol. The van der Waals surface area contributed by atoms with Crippen LogP contribution in [0.2, 0.25) is 0 Å². The molecule has 0 unspecified atom stereocenters. The second kappa shape index (κ2) is 7.51. The molecule has 4 nitrogen and oxygen atoms in total. The van der Waals surface area contributed by atoms with E-state index >= 15 is 0 Å². The molecule has 4 heteroatoms. The summed E-state index contributed by atoms with van der Waals surface area (Å²) >= 11 is 0. The lowest BCUT2D eigenvalue weighted by Gasteiger charge is -2.33. The average molecular weight is 336 g/mol. The first-order valence-electron chi connectivity index (χ1n) is 8.82. The van der Waals surface area contributed by atoms with Crippen molar-refractivity contribution in [2.24, 2.45) is 0 Å². The van der Waals surface area contributed by atoms with E-state index in [2.05, 4.69) is 6.92 Å². The fourth-order valence-electron chi connectivity index (χ4n) is 3.31. The minimum Gasteiger partial charge on any atom is -0.336 e. The highest BCUT2D eigenvalue weighted by Crippen LogP contribution is 2.21. The quantitative estimate of drug-likeness (QED) is 0.851. The molecule has 2 amide bonds. The van der Waals surface area contributed by atoms with Crippen LogP contribution in [0.5, 0.6) is 0 Å². The minimum absolute atomic E-state index is 0.0178. The topological polar surface area (TPSA) is 40.6 Å². The van der Waals surface area contributed by atoms with E-state index in [0.29, 0.717) is 11.1 Å². The molecule has 0 N–H and O–H groups in total. The summed E-state index contributed by atoms with van der Waals surface area (Å²) in [7, 11) is 1.75. The molecule has 1 fully saturated rings. The second-order valence-electron chi connectivity index (χ2n) is 6.62. The largest absolute Gasteiger partial charge is 0.336 e. The number of benzene rings is 2. The van der Waals surface area contributed by atoms with Gasteiger partial charge in [0.15, 0.2) is 0 Å². The van der Waals surface area contributed by atoms with Crippen molar-refractivity contribution in [2.45, 2.75) is 32.2 Å². The Labute approximate surface area is 149 Å². The summed E-state index contributed by atoms with van der Waals surface area (Å²) < 4.78 is 0. The Bertz CT molecular complexity index is 758. The van der Waals surface area contributed by atoms with Crippen molar-refractivity contribution in [1.82, 2.24) is 4.90 Å². The number of hydrogen-bond acceptors (Lipinski definition) is 2. The summed E-state index contributed by atoms with van der Waals surface area (Å²) in [4.78, 5) is 29.1. The first-order valence-corrected chi connectivity index (χ1v) is 8.82. The van der Waals surface area contributed by atoms with Crippen LogP contribution in [0.3, 0.4) is 0 Å². The van der Waals surface area contributed by atoms with Gasteiger partial charge in [-0.3, -0.25) is 9.59 Å². The highest BCUT2D eigenvalue weighted by Gasteiger charge is 2.25. The van der Waals surface area contributed by atoms with Gasteiger partial charge in [0.25, 0.3) is 11.8 Å². The van der Waals surface area contributed by atoms with E-state index in [0.717, 1.165) is 25.1 Å². The number of nitrogens with zero attached hydrogens (tertiary/aromatic N) is 2. The molecular formula is C21H24N2O2. The van der Waals surface area contributed by atoms with E-state index < -0.39 is 0 Å². The first-order chi connectivity index (χ1) is 12.1. The molecule has 1 aliphatic rings. The van der Waals surface area contributed by atoms with Crippen LogP contribution in [-0.4, -0.2) is 36.3 Å². The van der Waals surface area contributed by atoms with Crippen LogP contribution in [-0.2, 0) is 0 Å². The SMILES string of the molecule is C[C@@H]1CCCCN1C(=O)c1cccc(C(=O)N(C)c2ccccc2)c1. The Hall–Kier alpha value is -2.62. The van der Waals surface area contributed by atoms with Crippen LogP contribution >= 0.6 is 0 Å². The summed E-state index contributed by atoms with van der Waals surface area (Å²) in [6, 6.07) is 16.8. The van der Waals surface area contributed by atoms with Crippen LogP contribution in [0.15, 0.2) is 54.6 Å². The van der Waals surface area contributed by atoms with Crippen molar-refractivity contribution in [3.05, 3.63) is 65.7 Å². The van der Waals surface area contributed by atoms with Gasteiger partial charge in [-0.1, -0.05) is 24.3 Å². The third-order valence-electron chi connectivity index (χ3n) is 4.87. The Morgan fingerprint density at radius 2 is 1.72 bits per heavy atom. The van der Waals surface area contributed by atoms with Crippen LogP contribution in [0, 0.1) is 0 Å². The van der Waals surface area contributed by atoms with E-state index in [1.807, 2.05) is 35.2 Å². The number of piperidine rings is 1. The van der Waals surface area contributed by atoms with Crippen molar-refractivity contribution in [3.8, 4) is 0 Å². The van der Waals surface area contributed by atoms with Gasteiger partial charge in [0.1, 0.15) is 0 Å². The maximum absolute atomic E-state index is 12.8. The van der Waals surface area contributed by atoms with Gasteiger partial charge in [0.2, 0.25) is 0 Å². The third-order valence-corrected chi connectivity index (χ3v) is 4.87. The Balaban J connectivity index is 1.81. The lowest BCUT2D eigenvalue weighted by atomic mass is 10.0. The average Bonchev–Trinajstić information content (AvgIpc) is 2.67. The number of hydrogen-bond donors (Lipinski definition) is 0. The van der Waals surface area contributed by atoms with Gasteiger partial charge in [-0.2, -0.15) is 0 Å². The van der Waals surface area contributed by atoms with E-state index in [4.69, 9.17) is 0 Å². The molecule has 0 aliphatic carbocycles. The second-order valence-corrected chi connectivity index (χ2v) is 6.62. The maximum Gasteiger partial charge on any atom is 0.258 e. The lowest BCUT2D eigenvalue weighted by Crippen LogP contribution is -2.42. The van der Waals surface area contributed by atoms with Gasteiger partial charge in [-0.05, 0) is 56.5 Å². The molecule has 1 heterocycles. The van der Waals surface area contributed by atoms with Gasteiger partial charge < -0.3 is 9.80 Å². The minimum atomic E-state index is -0.118. The summed E-state index contributed by atoms with van der Waals surface area (Å²) in [6.07, 6.45) is 3.26. The molecule has 1 saturated heterocycles. The molecule has 2 aromatic carbocycles. The molecule has 0 bridgehead atoms. The fourth-order valence-corrected chi connectivity index (χ4v) is 3.31. The normalized spacial score (nSPS) is 17.2. The number of para-hydroxylation sites is 1. The van der Waals surface area contributed by atoms with Gasteiger partial charge in [0.05, 0.1) is 0 Å². The molecule has 1 atom stereocenters. The van der Waals surface area contributed by atoms with Crippen molar-refractivity contribution < 1.29 is 9.59 Å². The monoisotopic (exact) mass is 336 g/mol. The molecule has 25 heavy (non-hydrogen) atoms. The molecule has 1 aliphatic heterocycles. The lowest BCUT2D eigenvalue weighted by molar-refractivity contribution is 0.0635. The summed E-state index contributed by atoms with van der Waals surface area (Å²) in [5.41, 5.74) is 1.94. The molecule has 0 radical (unpaired) electrons. The molecular weight excluding hydrogens is 312 g/mol. The van der Waals surface area contributed by atoms with Crippen molar-refractivity contribution in [1.29, 1.82) is 0 Å². The smallest absolute Gasteiger partial charge is 0.258 e. The Morgan fingerprint density at radius 3 is 2.44 bits per heavy atom. The Morgan fingerprint density at radius 1 is 1.00 bits per heavy atom. The van der Waals surface area contributed by atoms with Gasteiger partial charge in [0, 0.05) is 36.4 Å². The third kappa shape index (κ3) is 3.73. The molecule has 2 aromatic rings. The predicted octanol–water partition coefficient (Wildman–Crippen LogP) is 3.98. The molecule has 0 saturated carbocycles. The van der Waals surface area contributed by atoms with E-state index in [1.54, 1.807) is 36.2 Å². The van der Waals surface area contributed by atoms with Crippen LogP contribution in [0.4, 0.5) is 5.69 Å². The van der Waals surface area contributed by atoms with Crippen molar-refractivity contribution in [3.63, 3.8) is 0 Å².